The van der Waals surface area contributed by atoms with Crippen molar-refractivity contribution in [1.82, 2.24) is 9.97 Å². The zero-order valence-corrected chi connectivity index (χ0v) is 16.4. The predicted molar refractivity (Wildman–Crippen MR) is 115 cm³/mol. The van der Waals surface area contributed by atoms with Crippen molar-refractivity contribution in [2.45, 2.75) is 34.1 Å². The molecular weight excluding hydrogens is 330 g/mol. The van der Waals surface area contributed by atoms with Crippen molar-refractivity contribution < 1.29 is 0 Å². The van der Waals surface area contributed by atoms with Gasteiger partial charge in [-0.25, -0.2) is 4.98 Å². The van der Waals surface area contributed by atoms with Gasteiger partial charge in [-0.2, -0.15) is 0 Å². The monoisotopic (exact) mass is 355 g/mol. The molecule has 136 valence electrons. The number of benzene rings is 2. The zero-order chi connectivity index (χ0) is 19.0. The molecule has 0 radical (unpaired) electrons. The highest BCUT2D eigenvalue weighted by atomic mass is 15.0. The van der Waals surface area contributed by atoms with E-state index in [1.807, 2.05) is 25.1 Å². The maximum atomic E-state index is 5.01. The standard InChI is InChI=1S/C24H25N3/c1-15(2)12-18-10-11-20-22(14-18)27-24(26-19-8-6-5-7-9-19)21-13-16(3)25-17(4)23(20)21/h5-11,13-15H,12H2,1-4H3,(H,26,27). The number of hydrogen-bond donors (Lipinski definition) is 1. The van der Waals surface area contributed by atoms with Crippen molar-refractivity contribution in [1.29, 1.82) is 0 Å². The van der Waals surface area contributed by atoms with Crippen LogP contribution in [0.25, 0.3) is 21.7 Å². The summed E-state index contributed by atoms with van der Waals surface area (Å²) in [6.07, 6.45) is 1.06. The number of aromatic nitrogens is 2. The van der Waals surface area contributed by atoms with Gasteiger partial charge in [0.1, 0.15) is 5.82 Å². The Balaban J connectivity index is 1.97. The first-order valence-electron chi connectivity index (χ1n) is 9.54. The van der Waals surface area contributed by atoms with Crippen molar-refractivity contribution in [2.75, 3.05) is 5.32 Å². The largest absolute Gasteiger partial charge is 0.340 e. The summed E-state index contributed by atoms with van der Waals surface area (Å²) >= 11 is 0. The van der Waals surface area contributed by atoms with Crippen LogP contribution in [0.3, 0.4) is 0 Å². The fourth-order valence-corrected chi connectivity index (χ4v) is 3.77. The summed E-state index contributed by atoms with van der Waals surface area (Å²) in [6.45, 7) is 8.62. The minimum Gasteiger partial charge on any atom is -0.340 e. The van der Waals surface area contributed by atoms with Crippen LogP contribution in [0.15, 0.2) is 54.6 Å². The van der Waals surface area contributed by atoms with Crippen molar-refractivity contribution in [3.05, 3.63) is 71.5 Å². The fraction of sp³-hybridized carbons (Fsp3) is 0.250. The third-order valence-corrected chi connectivity index (χ3v) is 4.83. The molecule has 0 bridgehead atoms. The lowest BCUT2D eigenvalue weighted by atomic mass is 9.98. The second kappa shape index (κ2) is 6.99. The molecular formula is C24H25N3. The highest BCUT2D eigenvalue weighted by Gasteiger charge is 2.13. The van der Waals surface area contributed by atoms with E-state index in [9.17, 15) is 0 Å². The van der Waals surface area contributed by atoms with Gasteiger partial charge < -0.3 is 5.32 Å². The molecule has 2 heterocycles. The van der Waals surface area contributed by atoms with Crippen LogP contribution < -0.4 is 5.32 Å². The minimum absolute atomic E-state index is 0.621. The summed E-state index contributed by atoms with van der Waals surface area (Å²) in [4.78, 5) is 9.73. The molecule has 0 atom stereocenters. The number of aryl methyl sites for hydroxylation is 2. The minimum atomic E-state index is 0.621. The van der Waals surface area contributed by atoms with Crippen LogP contribution in [0.1, 0.15) is 30.8 Å². The van der Waals surface area contributed by atoms with Gasteiger partial charge in [-0.15, -0.1) is 0 Å². The Morgan fingerprint density at radius 1 is 0.889 bits per heavy atom. The van der Waals surface area contributed by atoms with Crippen LogP contribution >= 0.6 is 0 Å². The van der Waals surface area contributed by atoms with Gasteiger partial charge >= 0.3 is 0 Å². The first kappa shape index (κ1) is 17.5. The normalized spacial score (nSPS) is 11.4. The second-order valence-corrected chi connectivity index (χ2v) is 7.67. The average molecular weight is 355 g/mol. The molecule has 0 saturated heterocycles. The van der Waals surface area contributed by atoms with Crippen molar-refractivity contribution in [2.24, 2.45) is 5.92 Å². The number of anilines is 2. The molecule has 0 fully saturated rings. The van der Waals surface area contributed by atoms with Gasteiger partial charge in [-0.05, 0) is 56.0 Å². The Morgan fingerprint density at radius 3 is 2.41 bits per heavy atom. The van der Waals surface area contributed by atoms with Crippen molar-refractivity contribution in [3.8, 4) is 0 Å². The van der Waals surface area contributed by atoms with E-state index in [0.717, 1.165) is 40.2 Å². The lowest BCUT2D eigenvalue weighted by Crippen LogP contribution is -2.00. The SMILES string of the molecule is Cc1cc2c(Nc3ccccc3)nc3cc(CC(C)C)ccc3c2c(C)n1. The molecule has 2 aromatic heterocycles. The molecule has 1 N–H and O–H groups in total. The Bertz CT molecular complexity index is 1110. The quantitative estimate of drug-likeness (QED) is 0.434. The topological polar surface area (TPSA) is 37.8 Å². The smallest absolute Gasteiger partial charge is 0.139 e. The number of nitrogens with one attached hydrogen (secondary N) is 1. The summed E-state index contributed by atoms with van der Waals surface area (Å²) in [5, 5.41) is 6.98. The van der Waals surface area contributed by atoms with E-state index >= 15 is 0 Å². The molecule has 4 aromatic rings. The molecule has 0 unspecified atom stereocenters. The van der Waals surface area contributed by atoms with Crippen LogP contribution in [-0.2, 0) is 6.42 Å². The molecule has 0 aliphatic carbocycles. The summed E-state index contributed by atoms with van der Waals surface area (Å²) in [5.74, 6) is 1.51. The summed E-state index contributed by atoms with van der Waals surface area (Å²) in [7, 11) is 0. The van der Waals surface area contributed by atoms with E-state index in [2.05, 4.69) is 62.5 Å². The summed E-state index contributed by atoms with van der Waals surface area (Å²) in [6, 6.07) is 19.0. The fourth-order valence-electron chi connectivity index (χ4n) is 3.77. The second-order valence-electron chi connectivity index (χ2n) is 7.67. The van der Waals surface area contributed by atoms with Gasteiger partial charge in [0.15, 0.2) is 0 Å². The van der Waals surface area contributed by atoms with Crippen LogP contribution in [0.2, 0.25) is 0 Å². The number of rotatable bonds is 4. The van der Waals surface area contributed by atoms with Gasteiger partial charge in [0.2, 0.25) is 0 Å². The van der Waals surface area contributed by atoms with Crippen LogP contribution in [0.4, 0.5) is 11.5 Å². The Hall–Kier alpha value is -2.94. The predicted octanol–water partition coefficient (Wildman–Crippen LogP) is 6.34. The highest BCUT2D eigenvalue weighted by molar-refractivity contribution is 6.11. The van der Waals surface area contributed by atoms with Gasteiger partial charge in [0.25, 0.3) is 0 Å². The molecule has 0 aliphatic heterocycles. The maximum Gasteiger partial charge on any atom is 0.139 e. The number of fused-ring (bicyclic) bond motifs is 3. The average Bonchev–Trinajstić information content (AvgIpc) is 2.62. The lowest BCUT2D eigenvalue weighted by Gasteiger charge is -2.15. The molecule has 27 heavy (non-hydrogen) atoms. The number of hydrogen-bond acceptors (Lipinski definition) is 3. The molecule has 3 heteroatoms. The third-order valence-electron chi connectivity index (χ3n) is 4.83. The highest BCUT2D eigenvalue weighted by Crippen LogP contribution is 2.33. The van der Waals surface area contributed by atoms with E-state index < -0.39 is 0 Å². The first-order valence-corrected chi connectivity index (χ1v) is 9.54. The number of pyridine rings is 2. The summed E-state index contributed by atoms with van der Waals surface area (Å²) < 4.78 is 0. The number of nitrogens with zero attached hydrogens (tertiary/aromatic N) is 2. The summed E-state index contributed by atoms with van der Waals surface area (Å²) in [5.41, 5.74) is 5.44. The molecule has 0 spiro atoms. The van der Waals surface area contributed by atoms with E-state index in [0.29, 0.717) is 5.92 Å². The van der Waals surface area contributed by atoms with Gasteiger partial charge in [0, 0.05) is 33.2 Å². The van der Waals surface area contributed by atoms with Crippen LogP contribution in [0, 0.1) is 19.8 Å². The Morgan fingerprint density at radius 2 is 1.67 bits per heavy atom. The van der Waals surface area contributed by atoms with Crippen molar-refractivity contribution in [3.63, 3.8) is 0 Å². The zero-order valence-electron chi connectivity index (χ0n) is 16.4. The van der Waals surface area contributed by atoms with E-state index in [-0.39, 0.29) is 0 Å². The van der Waals surface area contributed by atoms with Crippen molar-refractivity contribution >= 4 is 33.2 Å². The molecule has 3 nitrogen and oxygen atoms in total. The lowest BCUT2D eigenvalue weighted by molar-refractivity contribution is 0.648. The molecule has 4 rings (SSSR count). The van der Waals surface area contributed by atoms with E-state index in [4.69, 9.17) is 9.97 Å². The van der Waals surface area contributed by atoms with Crippen LogP contribution in [-0.4, -0.2) is 9.97 Å². The molecule has 0 aliphatic rings. The Labute approximate surface area is 160 Å². The van der Waals surface area contributed by atoms with E-state index in [1.165, 1.54) is 16.3 Å². The molecule has 2 aromatic carbocycles. The van der Waals surface area contributed by atoms with Gasteiger partial charge in [0.05, 0.1) is 5.52 Å². The van der Waals surface area contributed by atoms with Crippen LogP contribution in [0.5, 0.6) is 0 Å². The first-order chi connectivity index (χ1) is 13.0. The molecule has 0 saturated carbocycles. The Kier molecular flexibility index (Phi) is 4.53. The third kappa shape index (κ3) is 3.50. The van der Waals surface area contributed by atoms with E-state index in [1.54, 1.807) is 0 Å². The van der Waals surface area contributed by atoms with Gasteiger partial charge in [-0.1, -0.05) is 44.2 Å². The number of para-hydroxylation sites is 1. The maximum absolute atomic E-state index is 5.01. The van der Waals surface area contributed by atoms with Gasteiger partial charge in [-0.3, -0.25) is 4.98 Å². The molecule has 0 amide bonds.